The standard InChI is InChI=1S/C15H21ClN2O2/c1-18(9-12-4-3-5-13(16)8-12)14(19)15(11-20-2)6-7-17-10-15/h3-5,8,17H,6-7,9-11H2,1-2H3. The van der Waals surface area contributed by atoms with Gasteiger partial charge in [-0.25, -0.2) is 0 Å². The van der Waals surface area contributed by atoms with Crippen molar-refractivity contribution in [3.05, 3.63) is 34.9 Å². The van der Waals surface area contributed by atoms with E-state index in [9.17, 15) is 4.79 Å². The van der Waals surface area contributed by atoms with Gasteiger partial charge in [0.05, 0.1) is 12.0 Å². The second-order valence-corrected chi connectivity index (χ2v) is 5.87. The van der Waals surface area contributed by atoms with Crippen LogP contribution in [0.4, 0.5) is 0 Å². The average molecular weight is 297 g/mol. The van der Waals surface area contributed by atoms with Gasteiger partial charge >= 0.3 is 0 Å². The number of ether oxygens (including phenoxy) is 1. The first-order valence-corrected chi connectivity index (χ1v) is 7.15. The fourth-order valence-electron chi connectivity index (χ4n) is 2.77. The molecule has 0 aromatic heterocycles. The van der Waals surface area contributed by atoms with Crippen molar-refractivity contribution in [2.24, 2.45) is 5.41 Å². The van der Waals surface area contributed by atoms with Crippen LogP contribution in [0.5, 0.6) is 0 Å². The summed E-state index contributed by atoms with van der Waals surface area (Å²) in [6.45, 7) is 2.56. The molecular weight excluding hydrogens is 276 g/mol. The molecule has 1 aliphatic rings. The van der Waals surface area contributed by atoms with Gasteiger partial charge in [-0.05, 0) is 30.7 Å². The molecular formula is C15H21ClN2O2. The van der Waals surface area contributed by atoms with Gasteiger partial charge in [0.25, 0.3) is 0 Å². The lowest BCUT2D eigenvalue weighted by molar-refractivity contribution is -0.143. The molecule has 1 atom stereocenters. The minimum atomic E-state index is -0.428. The highest BCUT2D eigenvalue weighted by atomic mass is 35.5. The molecule has 4 nitrogen and oxygen atoms in total. The Bertz CT molecular complexity index is 473. The number of carbonyl (C=O) groups excluding carboxylic acids is 1. The summed E-state index contributed by atoms with van der Waals surface area (Å²) >= 11 is 5.98. The Labute approximate surface area is 125 Å². The van der Waals surface area contributed by atoms with Crippen molar-refractivity contribution >= 4 is 17.5 Å². The Balaban J connectivity index is 2.07. The van der Waals surface area contributed by atoms with Crippen molar-refractivity contribution in [3.63, 3.8) is 0 Å². The molecule has 20 heavy (non-hydrogen) atoms. The summed E-state index contributed by atoms with van der Waals surface area (Å²) in [5, 5.41) is 3.95. The van der Waals surface area contributed by atoms with Gasteiger partial charge in [0.15, 0.2) is 0 Å². The van der Waals surface area contributed by atoms with Crippen LogP contribution in [0.1, 0.15) is 12.0 Å². The first-order valence-electron chi connectivity index (χ1n) is 6.77. The maximum Gasteiger partial charge on any atom is 0.232 e. The lowest BCUT2D eigenvalue weighted by atomic mass is 9.86. The van der Waals surface area contributed by atoms with Crippen molar-refractivity contribution in [3.8, 4) is 0 Å². The number of methoxy groups -OCH3 is 1. The maximum absolute atomic E-state index is 12.7. The van der Waals surface area contributed by atoms with E-state index in [4.69, 9.17) is 16.3 Å². The molecule has 0 radical (unpaired) electrons. The van der Waals surface area contributed by atoms with Crippen LogP contribution in [0.2, 0.25) is 5.02 Å². The number of carbonyl (C=O) groups is 1. The van der Waals surface area contributed by atoms with Gasteiger partial charge in [-0.2, -0.15) is 0 Å². The number of rotatable bonds is 5. The van der Waals surface area contributed by atoms with E-state index >= 15 is 0 Å². The van der Waals surface area contributed by atoms with Crippen molar-refractivity contribution < 1.29 is 9.53 Å². The lowest BCUT2D eigenvalue weighted by Gasteiger charge is -2.31. The third-order valence-corrected chi connectivity index (χ3v) is 4.01. The number of hydrogen-bond donors (Lipinski definition) is 1. The highest BCUT2D eigenvalue weighted by molar-refractivity contribution is 6.30. The summed E-state index contributed by atoms with van der Waals surface area (Å²) < 4.78 is 5.26. The van der Waals surface area contributed by atoms with Gasteiger partial charge in [0.1, 0.15) is 0 Å². The quantitative estimate of drug-likeness (QED) is 0.903. The van der Waals surface area contributed by atoms with Gasteiger partial charge in [-0.3, -0.25) is 4.79 Å². The normalized spacial score (nSPS) is 21.9. The molecule has 1 unspecified atom stereocenters. The largest absolute Gasteiger partial charge is 0.384 e. The molecule has 0 spiro atoms. The van der Waals surface area contributed by atoms with Gasteiger partial charge < -0.3 is 15.0 Å². The van der Waals surface area contributed by atoms with E-state index in [0.717, 1.165) is 18.5 Å². The zero-order valence-electron chi connectivity index (χ0n) is 12.0. The SMILES string of the molecule is COCC1(C(=O)N(C)Cc2cccc(Cl)c2)CCNC1. The fraction of sp³-hybridized carbons (Fsp3) is 0.533. The summed E-state index contributed by atoms with van der Waals surface area (Å²) in [7, 11) is 3.48. The molecule has 1 amide bonds. The monoisotopic (exact) mass is 296 g/mol. The summed E-state index contributed by atoms with van der Waals surface area (Å²) in [6.07, 6.45) is 0.819. The van der Waals surface area contributed by atoms with E-state index in [2.05, 4.69) is 5.32 Å². The van der Waals surface area contributed by atoms with Crippen LogP contribution in [0, 0.1) is 5.41 Å². The number of amides is 1. The maximum atomic E-state index is 12.7. The van der Waals surface area contributed by atoms with E-state index in [0.29, 0.717) is 24.7 Å². The Morgan fingerprint density at radius 2 is 2.35 bits per heavy atom. The Kier molecular flexibility index (Phi) is 5.02. The molecule has 110 valence electrons. The second-order valence-electron chi connectivity index (χ2n) is 5.43. The zero-order chi connectivity index (χ0) is 14.6. The molecule has 1 N–H and O–H groups in total. The third kappa shape index (κ3) is 3.32. The fourth-order valence-corrected chi connectivity index (χ4v) is 2.99. The highest BCUT2D eigenvalue weighted by Gasteiger charge is 2.42. The molecule has 1 saturated heterocycles. The van der Waals surface area contributed by atoms with E-state index in [1.54, 1.807) is 12.0 Å². The van der Waals surface area contributed by atoms with Gasteiger partial charge in [0, 0.05) is 32.3 Å². The predicted molar refractivity (Wildman–Crippen MR) is 79.7 cm³/mol. The number of nitrogens with zero attached hydrogens (tertiary/aromatic N) is 1. The predicted octanol–water partition coefficient (Wildman–Crippen LogP) is 1.92. The third-order valence-electron chi connectivity index (χ3n) is 3.77. The Morgan fingerprint density at radius 3 is 2.95 bits per heavy atom. The lowest BCUT2D eigenvalue weighted by Crippen LogP contribution is -2.46. The van der Waals surface area contributed by atoms with Crippen LogP contribution in [-0.4, -0.2) is 44.7 Å². The molecule has 0 bridgehead atoms. The summed E-state index contributed by atoms with van der Waals surface area (Å²) in [4.78, 5) is 14.5. The highest BCUT2D eigenvalue weighted by Crippen LogP contribution is 2.28. The first kappa shape index (κ1) is 15.3. The first-order chi connectivity index (χ1) is 9.57. The smallest absolute Gasteiger partial charge is 0.232 e. The van der Waals surface area contributed by atoms with Crippen LogP contribution >= 0.6 is 11.6 Å². The molecule has 0 saturated carbocycles. The summed E-state index contributed by atoms with van der Waals surface area (Å²) in [5.41, 5.74) is 0.606. The topological polar surface area (TPSA) is 41.6 Å². The number of hydrogen-bond acceptors (Lipinski definition) is 3. The van der Waals surface area contributed by atoms with Crippen molar-refractivity contribution in [2.45, 2.75) is 13.0 Å². The van der Waals surface area contributed by atoms with E-state index < -0.39 is 5.41 Å². The molecule has 1 fully saturated rings. The number of benzene rings is 1. The van der Waals surface area contributed by atoms with E-state index in [1.165, 1.54) is 0 Å². The van der Waals surface area contributed by atoms with Crippen molar-refractivity contribution in [1.82, 2.24) is 10.2 Å². The molecule has 1 aromatic carbocycles. The molecule has 1 aromatic rings. The number of nitrogens with one attached hydrogen (secondary N) is 1. The van der Waals surface area contributed by atoms with Crippen LogP contribution in [0.3, 0.4) is 0 Å². The van der Waals surface area contributed by atoms with Crippen LogP contribution in [-0.2, 0) is 16.1 Å². The Morgan fingerprint density at radius 1 is 1.55 bits per heavy atom. The molecule has 5 heteroatoms. The van der Waals surface area contributed by atoms with Crippen LogP contribution < -0.4 is 5.32 Å². The van der Waals surface area contributed by atoms with Crippen LogP contribution in [0.25, 0.3) is 0 Å². The Hall–Kier alpha value is -1.10. The average Bonchev–Trinajstić information content (AvgIpc) is 2.88. The molecule has 0 aliphatic carbocycles. The second kappa shape index (κ2) is 6.57. The minimum absolute atomic E-state index is 0.129. The van der Waals surface area contributed by atoms with Gasteiger partial charge in [-0.15, -0.1) is 0 Å². The number of halogens is 1. The van der Waals surface area contributed by atoms with E-state index in [-0.39, 0.29) is 5.91 Å². The van der Waals surface area contributed by atoms with E-state index in [1.807, 2.05) is 31.3 Å². The molecule has 1 heterocycles. The molecule has 2 rings (SSSR count). The van der Waals surface area contributed by atoms with Gasteiger partial charge in [-0.1, -0.05) is 23.7 Å². The molecule has 1 aliphatic heterocycles. The van der Waals surface area contributed by atoms with Gasteiger partial charge in [0.2, 0.25) is 5.91 Å². The minimum Gasteiger partial charge on any atom is -0.384 e. The van der Waals surface area contributed by atoms with Crippen molar-refractivity contribution in [1.29, 1.82) is 0 Å². The van der Waals surface area contributed by atoms with Crippen molar-refractivity contribution in [2.75, 3.05) is 33.9 Å². The summed E-state index contributed by atoms with van der Waals surface area (Å²) in [5.74, 6) is 0.129. The van der Waals surface area contributed by atoms with Crippen LogP contribution in [0.15, 0.2) is 24.3 Å². The summed E-state index contributed by atoms with van der Waals surface area (Å²) in [6, 6.07) is 7.60. The zero-order valence-corrected chi connectivity index (χ0v) is 12.7.